The summed E-state index contributed by atoms with van der Waals surface area (Å²) in [7, 11) is 0. The van der Waals surface area contributed by atoms with Crippen LogP contribution in [0.1, 0.15) is 40.2 Å². The second-order valence-corrected chi connectivity index (χ2v) is 8.81. The number of Topliss-reactive ketones (excluding diaryl/α,β-unsaturated/α-hetero) is 1. The largest absolute Gasteiger partial charge is 0.461 e. The quantitative estimate of drug-likeness (QED) is 0.249. The van der Waals surface area contributed by atoms with Crippen LogP contribution in [0.25, 0.3) is 21.5 Å². The van der Waals surface area contributed by atoms with Crippen molar-refractivity contribution < 1.29 is 9.21 Å². The van der Waals surface area contributed by atoms with Crippen LogP contribution < -0.4 is 5.32 Å². The molecule has 36 heavy (non-hydrogen) atoms. The van der Waals surface area contributed by atoms with Crippen molar-refractivity contribution in [3.05, 3.63) is 129 Å². The molecule has 1 unspecified atom stereocenters. The molecule has 1 aliphatic rings. The van der Waals surface area contributed by atoms with Crippen molar-refractivity contribution in [1.82, 2.24) is 10.3 Å². The molecule has 4 aromatic rings. The molecule has 1 aliphatic heterocycles. The van der Waals surface area contributed by atoms with Crippen molar-refractivity contribution in [2.24, 2.45) is 0 Å². The second kappa shape index (κ2) is 9.54. The van der Waals surface area contributed by atoms with Gasteiger partial charge in [-0.15, -0.1) is 0 Å². The average molecular weight is 491 g/mol. The number of pyridine rings is 1. The van der Waals surface area contributed by atoms with Gasteiger partial charge in [0, 0.05) is 33.6 Å². The average Bonchev–Trinajstić information content (AvgIpc) is 3.34. The Kier molecular flexibility index (Phi) is 6.12. The van der Waals surface area contributed by atoms with E-state index in [9.17, 15) is 10.1 Å². The van der Waals surface area contributed by atoms with Crippen LogP contribution in [0, 0.1) is 17.9 Å². The maximum atomic E-state index is 12.8. The fraction of sp³-hybridized carbons (Fsp3) is 0.103. The molecule has 0 saturated carbocycles. The summed E-state index contributed by atoms with van der Waals surface area (Å²) in [4.78, 5) is 21.1. The summed E-state index contributed by atoms with van der Waals surface area (Å²) in [5.41, 5.74) is 4.48. The molecule has 174 valence electrons. The van der Waals surface area contributed by atoms with Gasteiger partial charge in [-0.05, 0) is 36.8 Å². The van der Waals surface area contributed by atoms with Crippen LogP contribution in [0.15, 0.2) is 94.3 Å². The Hall–Kier alpha value is -4.65. The minimum atomic E-state index is -0.704. The van der Waals surface area contributed by atoms with Gasteiger partial charge in [0.05, 0.1) is 36.2 Å². The number of dihydropyridines is 1. The lowest BCUT2D eigenvalue weighted by Gasteiger charge is -2.26. The summed E-state index contributed by atoms with van der Waals surface area (Å²) in [6, 6.07) is 22.0. The molecule has 6 nitrogen and oxygen atoms in total. The molecule has 7 heteroatoms. The molecule has 0 aliphatic carbocycles. The lowest BCUT2D eigenvalue weighted by atomic mass is 9.87. The van der Waals surface area contributed by atoms with E-state index in [0.717, 1.165) is 5.56 Å². The van der Waals surface area contributed by atoms with Gasteiger partial charge in [-0.1, -0.05) is 54.1 Å². The van der Waals surface area contributed by atoms with E-state index in [1.165, 1.54) is 0 Å². The standard InChI is InChI=1S/C29H19ClN4O2/c1-17-22(16-31)27(29(32-2)28(34-17)19-8-10-20(30)11-9-19)26-14-21-23(33-13-12-25(21)36-26)15-24(35)18-6-4-3-5-7-18/h3-14,27,34H,15H2,1H3. The SMILES string of the molecule is [C-]#[N+]C1=C(c2ccc(Cl)cc2)NC(C)=C(C#N)C1c1cc2c(CC(=O)c3ccccc3)nccc2o1. The number of aromatic nitrogens is 1. The molecule has 5 rings (SSSR count). The van der Waals surface area contributed by atoms with Crippen LogP contribution in [0.5, 0.6) is 0 Å². The van der Waals surface area contributed by atoms with Crippen LogP contribution in [-0.2, 0) is 6.42 Å². The van der Waals surface area contributed by atoms with Crippen LogP contribution in [0.3, 0.4) is 0 Å². The van der Waals surface area contributed by atoms with Gasteiger partial charge in [-0.3, -0.25) is 9.78 Å². The minimum Gasteiger partial charge on any atom is -0.461 e. The summed E-state index contributed by atoms with van der Waals surface area (Å²) in [6.07, 6.45) is 1.71. The normalized spacial score (nSPS) is 15.4. The summed E-state index contributed by atoms with van der Waals surface area (Å²) in [5.74, 6) is -0.314. The predicted molar refractivity (Wildman–Crippen MR) is 138 cm³/mol. The summed E-state index contributed by atoms with van der Waals surface area (Å²) in [5, 5.41) is 14.5. The maximum Gasteiger partial charge on any atom is 0.204 e. The third kappa shape index (κ3) is 4.15. The van der Waals surface area contributed by atoms with E-state index < -0.39 is 5.92 Å². The number of carbonyl (C=O) groups is 1. The van der Waals surface area contributed by atoms with Crippen molar-refractivity contribution in [3.8, 4) is 6.07 Å². The van der Waals surface area contributed by atoms with Gasteiger partial charge in [0.2, 0.25) is 5.70 Å². The van der Waals surface area contributed by atoms with Crippen LogP contribution in [0.2, 0.25) is 5.02 Å². The van der Waals surface area contributed by atoms with Gasteiger partial charge in [0.25, 0.3) is 0 Å². The van der Waals surface area contributed by atoms with Crippen molar-refractivity contribution in [2.45, 2.75) is 19.3 Å². The molecular formula is C29H19ClN4O2. The summed E-state index contributed by atoms with van der Waals surface area (Å²) >= 11 is 6.06. The van der Waals surface area contributed by atoms with Gasteiger partial charge in [0.15, 0.2) is 5.78 Å². The molecule has 1 atom stereocenters. The Bertz CT molecular complexity index is 1630. The maximum absolute atomic E-state index is 12.8. The second-order valence-electron chi connectivity index (χ2n) is 8.37. The zero-order chi connectivity index (χ0) is 25.2. The van der Waals surface area contributed by atoms with Gasteiger partial charge >= 0.3 is 0 Å². The summed E-state index contributed by atoms with van der Waals surface area (Å²) < 4.78 is 6.19. The number of halogens is 1. The van der Waals surface area contributed by atoms with Crippen molar-refractivity contribution in [1.29, 1.82) is 5.26 Å². The minimum absolute atomic E-state index is 0.0551. The summed E-state index contributed by atoms with van der Waals surface area (Å²) in [6.45, 7) is 9.77. The molecule has 0 fully saturated rings. The Morgan fingerprint density at radius 1 is 1.19 bits per heavy atom. The van der Waals surface area contributed by atoms with Crippen molar-refractivity contribution >= 4 is 34.1 Å². The van der Waals surface area contributed by atoms with E-state index in [1.54, 1.807) is 49.5 Å². The van der Waals surface area contributed by atoms with Crippen LogP contribution in [-0.4, -0.2) is 10.8 Å². The molecule has 2 aromatic heterocycles. The first-order chi connectivity index (χ1) is 17.5. The number of carbonyl (C=O) groups excluding carboxylic acids is 1. The van der Waals surface area contributed by atoms with E-state index in [-0.39, 0.29) is 12.2 Å². The number of nitriles is 1. The van der Waals surface area contributed by atoms with E-state index in [1.807, 2.05) is 30.3 Å². The number of ketones is 1. The number of hydrogen-bond donors (Lipinski definition) is 1. The van der Waals surface area contributed by atoms with E-state index in [0.29, 0.717) is 55.7 Å². The first-order valence-corrected chi connectivity index (χ1v) is 11.6. The number of nitrogens with zero attached hydrogens (tertiary/aromatic N) is 3. The number of benzene rings is 2. The number of hydrogen-bond acceptors (Lipinski definition) is 5. The fourth-order valence-electron chi connectivity index (χ4n) is 4.40. The number of rotatable bonds is 5. The lowest BCUT2D eigenvalue weighted by molar-refractivity contribution is 0.0992. The fourth-order valence-corrected chi connectivity index (χ4v) is 4.52. The van der Waals surface area contributed by atoms with Gasteiger partial charge < -0.3 is 9.73 Å². The molecule has 0 saturated heterocycles. The molecule has 0 amide bonds. The highest BCUT2D eigenvalue weighted by atomic mass is 35.5. The van der Waals surface area contributed by atoms with Crippen molar-refractivity contribution in [3.63, 3.8) is 0 Å². The Morgan fingerprint density at radius 3 is 2.64 bits per heavy atom. The van der Waals surface area contributed by atoms with E-state index >= 15 is 0 Å². The number of fused-ring (bicyclic) bond motifs is 1. The molecule has 3 heterocycles. The molecule has 0 radical (unpaired) electrons. The highest BCUT2D eigenvalue weighted by Crippen LogP contribution is 2.43. The van der Waals surface area contributed by atoms with Crippen molar-refractivity contribution in [2.75, 3.05) is 0 Å². The first-order valence-electron chi connectivity index (χ1n) is 11.2. The topological polar surface area (TPSA) is 83.3 Å². The monoisotopic (exact) mass is 490 g/mol. The highest BCUT2D eigenvalue weighted by Gasteiger charge is 2.34. The number of nitrogens with one attached hydrogen (secondary N) is 1. The zero-order valence-electron chi connectivity index (χ0n) is 19.2. The van der Waals surface area contributed by atoms with Gasteiger partial charge in [-0.25, -0.2) is 4.85 Å². The Labute approximate surface area is 213 Å². The van der Waals surface area contributed by atoms with Gasteiger partial charge in [-0.2, -0.15) is 5.26 Å². The third-order valence-electron chi connectivity index (χ3n) is 6.16. The predicted octanol–water partition coefficient (Wildman–Crippen LogP) is 6.68. The third-order valence-corrected chi connectivity index (χ3v) is 6.42. The molecular weight excluding hydrogens is 472 g/mol. The highest BCUT2D eigenvalue weighted by molar-refractivity contribution is 6.30. The van der Waals surface area contributed by atoms with Gasteiger partial charge in [0.1, 0.15) is 11.3 Å². The van der Waals surface area contributed by atoms with E-state index in [2.05, 4.69) is 21.2 Å². The van der Waals surface area contributed by atoms with Crippen LogP contribution >= 0.6 is 11.6 Å². The number of allylic oxidation sites excluding steroid dienone is 2. The first kappa shape index (κ1) is 23.1. The molecule has 0 spiro atoms. The smallest absolute Gasteiger partial charge is 0.204 e. The Morgan fingerprint density at radius 2 is 1.94 bits per heavy atom. The molecule has 2 aromatic carbocycles. The van der Waals surface area contributed by atoms with E-state index in [4.69, 9.17) is 22.6 Å². The lowest BCUT2D eigenvalue weighted by Crippen LogP contribution is -2.23. The molecule has 0 bridgehead atoms. The van der Waals surface area contributed by atoms with Crippen LogP contribution in [0.4, 0.5) is 0 Å². The molecule has 1 N–H and O–H groups in total. The zero-order valence-corrected chi connectivity index (χ0v) is 20.0. The Balaban J connectivity index is 1.61. The number of furan rings is 1.